The molecule has 6 nitrogen and oxygen atoms in total. The van der Waals surface area contributed by atoms with Crippen molar-refractivity contribution in [1.82, 2.24) is 0 Å². The molecule has 0 spiro atoms. The molecule has 0 atom stereocenters. The van der Waals surface area contributed by atoms with Crippen LogP contribution in [0.4, 0.5) is 0 Å². The van der Waals surface area contributed by atoms with Crippen LogP contribution in [0.3, 0.4) is 0 Å². The van der Waals surface area contributed by atoms with E-state index in [1.165, 1.54) is 36.4 Å². The molecule has 0 unspecified atom stereocenters. The first-order chi connectivity index (χ1) is 10.9. The molecule has 0 fully saturated rings. The van der Waals surface area contributed by atoms with Gasteiger partial charge in [-0.05, 0) is 48.6 Å². The molecule has 0 aliphatic rings. The Morgan fingerprint density at radius 2 is 1.48 bits per heavy atom. The van der Waals surface area contributed by atoms with Gasteiger partial charge in [-0.1, -0.05) is 0 Å². The number of aromatic hydroxyl groups is 4. The number of carbonyl (C=O) groups excluding carboxylic acids is 1. The molecule has 118 valence electrons. The molecular formula is C17H14O6. The van der Waals surface area contributed by atoms with Crippen LogP contribution >= 0.6 is 0 Å². The van der Waals surface area contributed by atoms with Crippen molar-refractivity contribution in [2.45, 2.75) is 0 Å². The normalized spacial score (nSPS) is 11.7. The maximum atomic E-state index is 11.8. The zero-order chi connectivity index (χ0) is 17.0. The van der Waals surface area contributed by atoms with E-state index in [2.05, 4.69) is 0 Å². The fourth-order valence-corrected chi connectivity index (χ4v) is 1.84. The van der Waals surface area contributed by atoms with Gasteiger partial charge in [0.1, 0.15) is 28.8 Å². The summed E-state index contributed by atoms with van der Waals surface area (Å²) in [6.07, 6.45) is 3.19. The molecule has 2 aromatic carbocycles. The Hall–Kier alpha value is -3.41. The Morgan fingerprint density at radius 1 is 0.870 bits per heavy atom. The van der Waals surface area contributed by atoms with Crippen LogP contribution in [0.5, 0.6) is 23.0 Å². The lowest BCUT2D eigenvalue weighted by molar-refractivity contribution is -0.110. The molecule has 5 N–H and O–H groups in total. The van der Waals surface area contributed by atoms with Gasteiger partial charge in [-0.2, -0.15) is 0 Å². The van der Waals surface area contributed by atoms with Crippen LogP contribution < -0.4 is 0 Å². The molecule has 2 aromatic rings. The Bertz CT molecular complexity index is 805. The highest BCUT2D eigenvalue weighted by Gasteiger charge is 2.08. The van der Waals surface area contributed by atoms with E-state index < -0.39 is 11.5 Å². The summed E-state index contributed by atoms with van der Waals surface area (Å²) in [5.74, 6) is -1.80. The van der Waals surface area contributed by atoms with E-state index in [4.69, 9.17) is 0 Å². The summed E-state index contributed by atoms with van der Waals surface area (Å²) in [4.78, 5) is 11.8. The van der Waals surface area contributed by atoms with Crippen molar-refractivity contribution in [2.75, 3.05) is 0 Å². The second-order valence-electron chi connectivity index (χ2n) is 4.71. The van der Waals surface area contributed by atoms with Crippen LogP contribution in [-0.4, -0.2) is 31.3 Å². The topological polar surface area (TPSA) is 118 Å². The maximum Gasteiger partial charge on any atom is 0.182 e. The number of aliphatic hydroxyl groups excluding tert-OH is 1. The molecule has 0 bridgehead atoms. The van der Waals surface area contributed by atoms with Crippen molar-refractivity contribution in [2.24, 2.45) is 0 Å². The molecule has 0 heterocycles. The number of phenols is 4. The minimum Gasteiger partial charge on any atom is -0.508 e. The van der Waals surface area contributed by atoms with Gasteiger partial charge in [0.25, 0.3) is 0 Å². The summed E-state index contributed by atoms with van der Waals surface area (Å²) in [5.41, 5.74) is 0.137. The van der Waals surface area contributed by atoms with Gasteiger partial charge in [0.05, 0.1) is 5.56 Å². The third-order valence-corrected chi connectivity index (χ3v) is 2.97. The van der Waals surface area contributed by atoms with Crippen molar-refractivity contribution in [3.63, 3.8) is 0 Å². The largest absolute Gasteiger partial charge is 0.508 e. The molecule has 0 amide bonds. The molecule has 0 aromatic heterocycles. The number of carbonyl (C=O) groups is 1. The fourth-order valence-electron chi connectivity index (χ4n) is 1.84. The number of benzene rings is 2. The van der Waals surface area contributed by atoms with E-state index in [-0.39, 0.29) is 34.1 Å². The summed E-state index contributed by atoms with van der Waals surface area (Å²) in [7, 11) is 0. The predicted octanol–water partition coefficient (Wildman–Crippen LogP) is 2.69. The summed E-state index contributed by atoms with van der Waals surface area (Å²) in [6, 6.07) is 7.36. The van der Waals surface area contributed by atoms with E-state index in [0.717, 1.165) is 18.2 Å². The van der Waals surface area contributed by atoms with Crippen LogP contribution in [0.2, 0.25) is 0 Å². The predicted molar refractivity (Wildman–Crippen MR) is 84.2 cm³/mol. The second kappa shape index (κ2) is 6.57. The van der Waals surface area contributed by atoms with Gasteiger partial charge in [-0.25, -0.2) is 0 Å². The highest BCUT2D eigenvalue weighted by atomic mass is 16.3. The van der Waals surface area contributed by atoms with Crippen LogP contribution in [-0.2, 0) is 4.79 Å². The monoisotopic (exact) mass is 314 g/mol. The van der Waals surface area contributed by atoms with E-state index in [9.17, 15) is 30.3 Å². The van der Waals surface area contributed by atoms with Crippen LogP contribution in [0, 0.1) is 0 Å². The summed E-state index contributed by atoms with van der Waals surface area (Å²) in [6.45, 7) is 0. The highest BCUT2D eigenvalue weighted by Crippen LogP contribution is 2.27. The average Bonchev–Trinajstić information content (AvgIpc) is 2.50. The van der Waals surface area contributed by atoms with E-state index in [0.29, 0.717) is 0 Å². The fraction of sp³-hybridized carbons (Fsp3) is 0. The first-order valence-electron chi connectivity index (χ1n) is 6.54. The van der Waals surface area contributed by atoms with E-state index in [1.54, 1.807) is 0 Å². The van der Waals surface area contributed by atoms with Crippen LogP contribution in [0.25, 0.3) is 11.8 Å². The lowest BCUT2D eigenvalue weighted by Crippen LogP contribution is -1.91. The van der Waals surface area contributed by atoms with Crippen molar-refractivity contribution in [3.8, 4) is 23.0 Å². The molecule has 0 saturated carbocycles. The zero-order valence-electron chi connectivity index (χ0n) is 11.8. The second-order valence-corrected chi connectivity index (χ2v) is 4.71. The Kier molecular flexibility index (Phi) is 4.56. The molecule has 23 heavy (non-hydrogen) atoms. The standard InChI is InChI=1S/C17H14O6/c18-11-3-5-15(21)10(7-11)1-2-13(20)9-17(23)14-8-12(19)4-6-16(14)22/h1-9,18-19,21-23H/b2-1+,17-9?. The molecule has 6 heteroatoms. The average molecular weight is 314 g/mol. The van der Waals surface area contributed by atoms with Gasteiger partial charge < -0.3 is 25.5 Å². The number of aliphatic hydroxyl groups is 1. The van der Waals surface area contributed by atoms with Crippen molar-refractivity contribution >= 4 is 17.6 Å². The van der Waals surface area contributed by atoms with Crippen LogP contribution in [0.15, 0.2) is 48.6 Å². The third kappa shape index (κ3) is 4.04. The molecule has 0 aliphatic heterocycles. The van der Waals surface area contributed by atoms with Gasteiger partial charge in [0, 0.05) is 11.6 Å². The Morgan fingerprint density at radius 3 is 2.17 bits per heavy atom. The van der Waals surface area contributed by atoms with Gasteiger partial charge in [-0.3, -0.25) is 4.79 Å². The molecule has 0 aliphatic carbocycles. The van der Waals surface area contributed by atoms with Crippen molar-refractivity contribution in [3.05, 3.63) is 59.7 Å². The third-order valence-electron chi connectivity index (χ3n) is 2.97. The quantitative estimate of drug-likeness (QED) is 0.336. The number of rotatable bonds is 4. The molecular weight excluding hydrogens is 300 g/mol. The smallest absolute Gasteiger partial charge is 0.182 e. The van der Waals surface area contributed by atoms with Crippen molar-refractivity contribution < 1.29 is 30.3 Å². The van der Waals surface area contributed by atoms with Gasteiger partial charge >= 0.3 is 0 Å². The number of hydrogen-bond donors (Lipinski definition) is 5. The lowest BCUT2D eigenvalue weighted by Gasteiger charge is -2.03. The van der Waals surface area contributed by atoms with E-state index in [1.807, 2.05) is 0 Å². The number of allylic oxidation sites excluding steroid dienone is 2. The first kappa shape index (κ1) is 16.0. The minimum absolute atomic E-state index is 0.0713. The number of ketones is 1. The van der Waals surface area contributed by atoms with Crippen LogP contribution in [0.1, 0.15) is 11.1 Å². The summed E-state index contributed by atoms with van der Waals surface area (Å²) < 4.78 is 0. The van der Waals surface area contributed by atoms with E-state index >= 15 is 0 Å². The Labute approximate surface area is 131 Å². The number of phenolic OH excluding ortho intramolecular Hbond substituents is 4. The van der Waals surface area contributed by atoms with Gasteiger partial charge in [0.15, 0.2) is 5.78 Å². The highest BCUT2D eigenvalue weighted by molar-refractivity contribution is 6.05. The molecule has 0 radical (unpaired) electrons. The van der Waals surface area contributed by atoms with Gasteiger partial charge in [-0.15, -0.1) is 0 Å². The van der Waals surface area contributed by atoms with Gasteiger partial charge in [0.2, 0.25) is 0 Å². The zero-order valence-corrected chi connectivity index (χ0v) is 11.8. The first-order valence-corrected chi connectivity index (χ1v) is 6.54. The number of hydrogen-bond acceptors (Lipinski definition) is 6. The molecule has 2 rings (SSSR count). The lowest BCUT2D eigenvalue weighted by atomic mass is 10.1. The summed E-state index contributed by atoms with van der Waals surface area (Å²) >= 11 is 0. The molecule has 0 saturated heterocycles. The minimum atomic E-state index is -0.618. The maximum absolute atomic E-state index is 11.8. The Balaban J connectivity index is 2.22. The van der Waals surface area contributed by atoms with Crippen molar-refractivity contribution in [1.29, 1.82) is 0 Å². The SMILES string of the molecule is O=C(C=C(O)c1cc(O)ccc1O)/C=C/c1cc(O)ccc1O. The summed E-state index contributed by atoms with van der Waals surface area (Å²) in [5, 5.41) is 47.7.